The lowest BCUT2D eigenvalue weighted by Gasteiger charge is -2.40. The highest BCUT2D eigenvalue weighted by molar-refractivity contribution is 9.10. The molecule has 2 heterocycles. The maximum Gasteiger partial charge on any atom is 0.228 e. The van der Waals surface area contributed by atoms with Crippen molar-refractivity contribution in [2.75, 3.05) is 21.2 Å². The van der Waals surface area contributed by atoms with Gasteiger partial charge in [-0.1, -0.05) is 70.5 Å². The van der Waals surface area contributed by atoms with Gasteiger partial charge in [0.2, 0.25) is 5.91 Å². The van der Waals surface area contributed by atoms with Crippen molar-refractivity contribution in [1.29, 1.82) is 0 Å². The van der Waals surface area contributed by atoms with E-state index in [1.165, 1.54) is 4.90 Å². The minimum atomic E-state index is -2.02. The fourth-order valence-electron chi connectivity index (χ4n) is 6.36. The van der Waals surface area contributed by atoms with E-state index in [1.54, 1.807) is 32.1 Å². The summed E-state index contributed by atoms with van der Waals surface area (Å²) < 4.78 is 14.6. The highest BCUT2D eigenvalue weighted by Gasteiger charge is 2.78. The molecule has 1 aliphatic carbocycles. The van der Waals surface area contributed by atoms with Crippen LogP contribution in [0.2, 0.25) is 0 Å². The van der Waals surface area contributed by atoms with Gasteiger partial charge in [-0.2, -0.15) is 5.10 Å². The molecule has 1 saturated carbocycles. The van der Waals surface area contributed by atoms with Crippen molar-refractivity contribution < 1.29 is 24.5 Å². The van der Waals surface area contributed by atoms with E-state index in [2.05, 4.69) is 15.9 Å². The maximum absolute atomic E-state index is 13.7. The van der Waals surface area contributed by atoms with Gasteiger partial charge in [-0.25, -0.2) is 0 Å². The predicted octanol–water partition coefficient (Wildman–Crippen LogP) is 4.04. The number of ether oxygens (including phenoxy) is 2. The summed E-state index contributed by atoms with van der Waals surface area (Å²) in [6.45, 7) is 0.417. The molecule has 40 heavy (non-hydrogen) atoms. The van der Waals surface area contributed by atoms with Crippen molar-refractivity contribution in [3.63, 3.8) is 0 Å². The minimum absolute atomic E-state index is 0.214. The molecule has 1 aliphatic heterocycles. The third-order valence-corrected chi connectivity index (χ3v) is 8.68. The summed E-state index contributed by atoms with van der Waals surface area (Å²) in [6, 6.07) is 24.5. The topological polar surface area (TPSA) is 97.1 Å². The molecule has 2 N–H and O–H groups in total. The third-order valence-electron chi connectivity index (χ3n) is 8.15. The van der Waals surface area contributed by atoms with Gasteiger partial charge < -0.3 is 24.6 Å². The van der Waals surface area contributed by atoms with Crippen molar-refractivity contribution in [1.82, 2.24) is 14.7 Å². The summed E-state index contributed by atoms with van der Waals surface area (Å²) in [6.07, 6.45) is 0.246. The number of hydrogen-bond acceptors (Lipinski definition) is 6. The van der Waals surface area contributed by atoms with Gasteiger partial charge in [0.1, 0.15) is 17.5 Å². The molecule has 206 valence electrons. The van der Waals surface area contributed by atoms with Crippen LogP contribution in [0.1, 0.15) is 28.3 Å². The second-order valence-electron chi connectivity index (χ2n) is 10.6. The molecule has 8 nitrogen and oxygen atoms in total. The SMILES string of the molecule is COc1ccc(Cn2cc3c(n2)[C@]2(O)[C@H](O)[C@H](C(=O)N(C)C)[C@@H](c4ccccc4)[C@]2(c2ccc(Br)cc2)O3)cc1. The first kappa shape index (κ1) is 26.6. The molecule has 0 unspecified atom stereocenters. The van der Waals surface area contributed by atoms with Crippen LogP contribution in [-0.2, 0) is 22.5 Å². The van der Waals surface area contributed by atoms with Crippen LogP contribution in [0.3, 0.4) is 0 Å². The number of aliphatic hydroxyl groups is 2. The Kier molecular flexibility index (Phi) is 6.48. The fourth-order valence-corrected chi connectivity index (χ4v) is 6.62. The summed E-state index contributed by atoms with van der Waals surface area (Å²) in [7, 11) is 4.92. The van der Waals surface area contributed by atoms with Gasteiger partial charge in [-0.3, -0.25) is 9.48 Å². The quantitative estimate of drug-likeness (QED) is 0.345. The number of benzene rings is 3. The number of nitrogens with zero attached hydrogens (tertiary/aromatic N) is 3. The first-order valence-corrected chi connectivity index (χ1v) is 13.8. The molecule has 3 aromatic carbocycles. The summed E-state index contributed by atoms with van der Waals surface area (Å²) in [5, 5.41) is 29.5. The lowest BCUT2D eigenvalue weighted by molar-refractivity contribution is -0.158. The summed E-state index contributed by atoms with van der Waals surface area (Å²) in [4.78, 5) is 15.2. The molecule has 6 rings (SSSR count). The maximum atomic E-state index is 13.7. The minimum Gasteiger partial charge on any atom is -0.497 e. The van der Waals surface area contributed by atoms with E-state index >= 15 is 0 Å². The highest BCUT2D eigenvalue weighted by Crippen LogP contribution is 2.68. The van der Waals surface area contributed by atoms with E-state index in [1.807, 2.05) is 78.9 Å². The summed E-state index contributed by atoms with van der Waals surface area (Å²) in [5.74, 6) is -0.889. The van der Waals surface area contributed by atoms with E-state index < -0.39 is 29.1 Å². The van der Waals surface area contributed by atoms with E-state index in [0.717, 1.165) is 21.3 Å². The number of aliphatic hydroxyl groups excluding tert-OH is 1. The van der Waals surface area contributed by atoms with E-state index in [4.69, 9.17) is 14.6 Å². The molecule has 2 aliphatic rings. The fraction of sp³-hybridized carbons (Fsp3) is 0.290. The highest BCUT2D eigenvalue weighted by atomic mass is 79.9. The molecule has 0 radical (unpaired) electrons. The summed E-state index contributed by atoms with van der Waals surface area (Å²) >= 11 is 3.50. The molecular weight excluding hydrogens is 574 g/mol. The standard InChI is InChI=1S/C31H30BrN3O5/c1-34(2)29(37)25-26(20-7-5-4-6-8-20)31(21-11-13-22(32)14-12-21)30(38,28(25)36)27-24(40-31)18-35(33-27)17-19-9-15-23(39-3)16-10-19/h4-16,18,25-26,28,36,38H,17H2,1-3H3/t25-,26-,28-,30+,31+/m1/s1. The smallest absolute Gasteiger partial charge is 0.228 e. The van der Waals surface area contributed by atoms with Gasteiger partial charge in [0.25, 0.3) is 0 Å². The molecule has 0 bridgehead atoms. The number of halogens is 1. The molecule has 5 atom stereocenters. The van der Waals surface area contributed by atoms with Crippen LogP contribution in [-0.4, -0.2) is 58.1 Å². The zero-order valence-corrected chi connectivity index (χ0v) is 23.9. The number of rotatable bonds is 6. The van der Waals surface area contributed by atoms with Gasteiger partial charge in [-0.15, -0.1) is 0 Å². The molecule has 1 aromatic heterocycles. The van der Waals surface area contributed by atoms with Crippen LogP contribution < -0.4 is 9.47 Å². The molecular formula is C31H30BrN3O5. The van der Waals surface area contributed by atoms with Gasteiger partial charge in [0.05, 0.1) is 25.8 Å². The Morgan fingerprint density at radius 3 is 2.38 bits per heavy atom. The molecule has 1 fully saturated rings. The Labute approximate surface area is 240 Å². The Bertz CT molecular complexity index is 1540. The summed E-state index contributed by atoms with van der Waals surface area (Å²) in [5.41, 5.74) is -0.925. The number of aromatic nitrogens is 2. The van der Waals surface area contributed by atoms with Gasteiger partial charge >= 0.3 is 0 Å². The van der Waals surface area contributed by atoms with Gasteiger partial charge in [-0.05, 0) is 41.0 Å². The second-order valence-corrected chi connectivity index (χ2v) is 11.5. The third kappa shape index (κ3) is 3.79. The average Bonchev–Trinajstić information content (AvgIpc) is 3.53. The number of fused-ring (bicyclic) bond motifs is 3. The largest absolute Gasteiger partial charge is 0.497 e. The first-order valence-electron chi connectivity index (χ1n) is 13.0. The van der Waals surface area contributed by atoms with Gasteiger partial charge in [0.15, 0.2) is 17.0 Å². The Morgan fingerprint density at radius 1 is 1.07 bits per heavy atom. The zero-order valence-electron chi connectivity index (χ0n) is 22.4. The number of amides is 1. The van der Waals surface area contributed by atoms with Crippen LogP contribution in [0, 0.1) is 5.92 Å². The van der Waals surface area contributed by atoms with E-state index in [0.29, 0.717) is 17.9 Å². The normalized spacial score (nSPS) is 26.6. The van der Waals surface area contributed by atoms with E-state index in [-0.39, 0.29) is 11.6 Å². The number of carbonyl (C=O) groups is 1. The monoisotopic (exact) mass is 603 g/mol. The number of methoxy groups -OCH3 is 1. The lowest BCUT2D eigenvalue weighted by Crippen LogP contribution is -2.52. The molecule has 4 aromatic rings. The number of hydrogen-bond donors (Lipinski definition) is 2. The predicted molar refractivity (Wildman–Crippen MR) is 152 cm³/mol. The van der Waals surface area contributed by atoms with Crippen molar-refractivity contribution in [3.8, 4) is 11.5 Å². The van der Waals surface area contributed by atoms with E-state index in [9.17, 15) is 15.0 Å². The van der Waals surface area contributed by atoms with Crippen molar-refractivity contribution >= 4 is 21.8 Å². The van der Waals surface area contributed by atoms with Gasteiger partial charge in [0, 0.05) is 24.5 Å². The van der Waals surface area contributed by atoms with Crippen LogP contribution in [0.15, 0.2) is 89.5 Å². The van der Waals surface area contributed by atoms with Crippen molar-refractivity contribution in [2.45, 2.75) is 29.8 Å². The van der Waals surface area contributed by atoms with Crippen LogP contribution in [0.4, 0.5) is 0 Å². The molecule has 1 amide bonds. The molecule has 0 saturated heterocycles. The average molecular weight is 605 g/mol. The number of carbonyl (C=O) groups excluding carboxylic acids is 1. The van der Waals surface area contributed by atoms with Crippen molar-refractivity contribution in [3.05, 3.63) is 112 Å². The molecule has 9 heteroatoms. The van der Waals surface area contributed by atoms with Crippen LogP contribution in [0.25, 0.3) is 0 Å². The Morgan fingerprint density at radius 2 is 1.75 bits per heavy atom. The Hall–Kier alpha value is -3.66. The zero-order chi connectivity index (χ0) is 28.2. The molecule has 0 spiro atoms. The van der Waals surface area contributed by atoms with Crippen molar-refractivity contribution in [2.24, 2.45) is 5.92 Å². The lowest BCUT2D eigenvalue weighted by atomic mass is 9.71. The van der Waals surface area contributed by atoms with Crippen LogP contribution >= 0.6 is 15.9 Å². The first-order chi connectivity index (χ1) is 19.2. The second kappa shape index (κ2) is 9.76. The van der Waals surface area contributed by atoms with Crippen LogP contribution in [0.5, 0.6) is 11.5 Å². The Balaban J connectivity index is 1.53.